The maximum absolute atomic E-state index is 13.6. The van der Waals surface area contributed by atoms with Crippen molar-refractivity contribution in [2.45, 2.75) is 52.7 Å². The Morgan fingerprint density at radius 2 is 1.77 bits per heavy atom. The number of halogens is 1. The molecule has 0 fully saturated rings. The fourth-order valence-electron chi connectivity index (χ4n) is 3.91. The number of carboxylic acid groups (broad SMARTS) is 1. The molecule has 0 unspecified atom stereocenters. The Balaban J connectivity index is 1.74. The highest BCUT2D eigenvalue weighted by Crippen LogP contribution is 2.24. The van der Waals surface area contributed by atoms with Crippen LogP contribution in [0.1, 0.15) is 51.8 Å². The number of aryl methyl sites for hydroxylation is 1. The number of aromatic nitrogens is 1. The van der Waals surface area contributed by atoms with Crippen molar-refractivity contribution in [3.05, 3.63) is 94.1 Å². The number of nitrogens with zero attached hydrogens (tertiary/aromatic N) is 1. The second-order valence-corrected chi connectivity index (χ2v) is 7.85. The van der Waals surface area contributed by atoms with Crippen LogP contribution in [0.4, 0.5) is 4.39 Å². The lowest BCUT2D eigenvalue weighted by Crippen LogP contribution is -2.27. The van der Waals surface area contributed by atoms with Gasteiger partial charge >= 0.3 is 5.97 Å². The van der Waals surface area contributed by atoms with Crippen LogP contribution in [-0.4, -0.2) is 21.7 Å². The molecule has 5 heteroatoms. The van der Waals surface area contributed by atoms with Gasteiger partial charge in [-0.3, -0.25) is 0 Å². The van der Waals surface area contributed by atoms with Gasteiger partial charge in [-0.2, -0.15) is 0 Å². The molecule has 0 saturated carbocycles. The number of carbonyl (C=O) groups is 1. The van der Waals surface area contributed by atoms with Gasteiger partial charge < -0.3 is 15.0 Å². The topological polar surface area (TPSA) is 54.3 Å². The Bertz CT molecular complexity index is 1010. The average Bonchev–Trinajstić information content (AvgIpc) is 2.96. The Hall–Kier alpha value is -2.92. The standard InChI is InChI=1S/C25H29FN2O2/c1-17(12-13-20-8-5-4-6-9-20)27-15-23-18(2)28(19(3)24(23)25(29)30)16-21-10-7-11-22(26)14-21/h4-11,14,17,27H,12-13,15-16H2,1-3H3,(H,29,30)/t17-/m0/s1. The number of aromatic carboxylic acids is 1. The van der Waals surface area contributed by atoms with Gasteiger partial charge in [-0.15, -0.1) is 0 Å². The number of rotatable bonds is 9. The van der Waals surface area contributed by atoms with Gasteiger partial charge in [-0.25, -0.2) is 9.18 Å². The number of benzene rings is 2. The Labute approximate surface area is 177 Å². The largest absolute Gasteiger partial charge is 0.478 e. The minimum atomic E-state index is -0.928. The quantitative estimate of drug-likeness (QED) is 0.518. The van der Waals surface area contributed by atoms with Crippen molar-refractivity contribution < 1.29 is 14.3 Å². The van der Waals surface area contributed by atoms with Crippen LogP contribution in [0.5, 0.6) is 0 Å². The summed E-state index contributed by atoms with van der Waals surface area (Å²) in [6.45, 7) is 6.80. The van der Waals surface area contributed by atoms with Gasteiger partial charge in [0.2, 0.25) is 0 Å². The maximum atomic E-state index is 13.6. The molecule has 0 amide bonds. The highest BCUT2D eigenvalue weighted by molar-refractivity contribution is 5.91. The number of carboxylic acids is 1. The summed E-state index contributed by atoms with van der Waals surface area (Å²) in [5.74, 6) is -1.22. The highest BCUT2D eigenvalue weighted by atomic mass is 19.1. The molecule has 0 aliphatic rings. The molecule has 3 aromatic rings. The van der Waals surface area contributed by atoms with Crippen LogP contribution in [0.2, 0.25) is 0 Å². The molecular formula is C25H29FN2O2. The fraction of sp³-hybridized carbons (Fsp3) is 0.320. The zero-order chi connectivity index (χ0) is 21.7. The molecule has 30 heavy (non-hydrogen) atoms. The van der Waals surface area contributed by atoms with Crippen LogP contribution in [0.25, 0.3) is 0 Å². The molecule has 1 atom stereocenters. The molecule has 0 saturated heterocycles. The van der Waals surface area contributed by atoms with Crippen molar-refractivity contribution in [2.75, 3.05) is 0 Å². The monoisotopic (exact) mass is 408 g/mol. The van der Waals surface area contributed by atoms with E-state index < -0.39 is 5.97 Å². The smallest absolute Gasteiger partial charge is 0.337 e. The first-order valence-corrected chi connectivity index (χ1v) is 10.3. The molecule has 0 aliphatic carbocycles. The van der Waals surface area contributed by atoms with Gasteiger partial charge in [0.1, 0.15) is 5.82 Å². The van der Waals surface area contributed by atoms with Crippen molar-refractivity contribution in [3.8, 4) is 0 Å². The van der Waals surface area contributed by atoms with Crippen LogP contribution in [-0.2, 0) is 19.5 Å². The predicted molar refractivity (Wildman–Crippen MR) is 117 cm³/mol. The van der Waals surface area contributed by atoms with Crippen molar-refractivity contribution in [3.63, 3.8) is 0 Å². The van der Waals surface area contributed by atoms with Crippen molar-refractivity contribution in [2.24, 2.45) is 0 Å². The maximum Gasteiger partial charge on any atom is 0.337 e. The van der Waals surface area contributed by atoms with E-state index in [1.165, 1.54) is 17.7 Å². The molecule has 0 spiro atoms. The molecule has 3 rings (SSSR count). The van der Waals surface area contributed by atoms with Crippen LogP contribution >= 0.6 is 0 Å². The van der Waals surface area contributed by atoms with E-state index in [2.05, 4.69) is 24.4 Å². The molecule has 1 heterocycles. The average molecular weight is 409 g/mol. The second kappa shape index (κ2) is 9.72. The lowest BCUT2D eigenvalue weighted by atomic mass is 10.1. The minimum absolute atomic E-state index is 0.248. The molecule has 0 aliphatic heterocycles. The zero-order valence-electron chi connectivity index (χ0n) is 17.8. The zero-order valence-corrected chi connectivity index (χ0v) is 17.8. The van der Waals surface area contributed by atoms with E-state index in [9.17, 15) is 14.3 Å². The molecular weight excluding hydrogens is 379 g/mol. The fourth-order valence-corrected chi connectivity index (χ4v) is 3.91. The van der Waals surface area contributed by atoms with Crippen molar-refractivity contribution in [1.29, 1.82) is 0 Å². The predicted octanol–water partition coefficient (Wildman–Crippen LogP) is 5.10. The Morgan fingerprint density at radius 1 is 1.07 bits per heavy atom. The van der Waals surface area contributed by atoms with Crippen LogP contribution in [0.3, 0.4) is 0 Å². The van der Waals surface area contributed by atoms with Gasteiger partial charge in [0.05, 0.1) is 5.56 Å². The van der Waals surface area contributed by atoms with Gasteiger partial charge in [0.25, 0.3) is 0 Å². The first-order chi connectivity index (χ1) is 14.4. The van der Waals surface area contributed by atoms with Gasteiger partial charge in [-0.05, 0) is 56.9 Å². The van der Waals surface area contributed by atoms with Crippen molar-refractivity contribution >= 4 is 5.97 Å². The Kier molecular flexibility index (Phi) is 7.06. The van der Waals surface area contributed by atoms with Gasteiger partial charge in [-0.1, -0.05) is 42.5 Å². The lowest BCUT2D eigenvalue weighted by molar-refractivity contribution is 0.0694. The molecule has 1 aromatic heterocycles. The third-order valence-corrected chi connectivity index (χ3v) is 5.69. The SMILES string of the molecule is Cc1c(CN[C@@H](C)CCc2ccccc2)c(C(=O)O)c(C)n1Cc1cccc(F)c1. The van der Waals surface area contributed by atoms with E-state index in [-0.39, 0.29) is 11.9 Å². The summed E-state index contributed by atoms with van der Waals surface area (Å²) in [7, 11) is 0. The third kappa shape index (κ3) is 5.16. The summed E-state index contributed by atoms with van der Waals surface area (Å²) in [6, 6.07) is 17.0. The van der Waals surface area contributed by atoms with Crippen LogP contribution in [0.15, 0.2) is 54.6 Å². The molecule has 4 nitrogen and oxygen atoms in total. The number of hydrogen-bond donors (Lipinski definition) is 2. The number of hydrogen-bond acceptors (Lipinski definition) is 2. The van der Waals surface area contributed by atoms with Crippen LogP contribution < -0.4 is 5.32 Å². The molecule has 0 radical (unpaired) electrons. The van der Waals surface area contributed by atoms with E-state index >= 15 is 0 Å². The first-order valence-electron chi connectivity index (χ1n) is 10.3. The minimum Gasteiger partial charge on any atom is -0.478 e. The molecule has 2 aromatic carbocycles. The van der Waals surface area contributed by atoms with Gasteiger partial charge in [0, 0.05) is 36.1 Å². The summed E-state index contributed by atoms with van der Waals surface area (Å²) < 4.78 is 15.5. The van der Waals surface area contributed by atoms with Crippen molar-refractivity contribution in [1.82, 2.24) is 9.88 Å². The molecule has 158 valence electrons. The third-order valence-electron chi connectivity index (χ3n) is 5.69. The highest BCUT2D eigenvalue weighted by Gasteiger charge is 2.23. The molecule has 2 N–H and O–H groups in total. The summed E-state index contributed by atoms with van der Waals surface area (Å²) in [5, 5.41) is 13.3. The van der Waals surface area contributed by atoms with E-state index in [4.69, 9.17) is 0 Å². The van der Waals surface area contributed by atoms with E-state index in [1.807, 2.05) is 42.7 Å². The summed E-state index contributed by atoms with van der Waals surface area (Å²) in [5.41, 5.74) is 4.83. The number of nitrogens with one attached hydrogen (secondary N) is 1. The van der Waals surface area contributed by atoms with E-state index in [1.54, 1.807) is 6.07 Å². The summed E-state index contributed by atoms with van der Waals surface area (Å²) in [6.07, 6.45) is 1.94. The van der Waals surface area contributed by atoms with Crippen LogP contribution in [0, 0.1) is 19.7 Å². The lowest BCUT2D eigenvalue weighted by Gasteiger charge is -2.15. The summed E-state index contributed by atoms with van der Waals surface area (Å²) in [4.78, 5) is 12.0. The van der Waals surface area contributed by atoms with Gasteiger partial charge in [0.15, 0.2) is 0 Å². The Morgan fingerprint density at radius 3 is 2.43 bits per heavy atom. The second-order valence-electron chi connectivity index (χ2n) is 7.85. The summed E-state index contributed by atoms with van der Waals surface area (Å²) >= 11 is 0. The van der Waals surface area contributed by atoms with E-state index in [0.29, 0.717) is 24.3 Å². The first kappa shape index (κ1) is 21.8. The molecule has 0 bridgehead atoms. The van der Waals surface area contributed by atoms with E-state index in [0.717, 1.165) is 29.7 Å². The normalized spacial score (nSPS) is 12.1.